The highest BCUT2D eigenvalue weighted by Gasteiger charge is 2.26. The predicted octanol–water partition coefficient (Wildman–Crippen LogP) is 2.22. The molecule has 4 nitrogen and oxygen atoms in total. The molecular weight excluding hydrogens is 216 g/mol. The van der Waals surface area contributed by atoms with Crippen LogP contribution in [-0.2, 0) is 6.42 Å². The highest BCUT2D eigenvalue weighted by Crippen LogP contribution is 2.35. The molecule has 0 bridgehead atoms. The van der Waals surface area contributed by atoms with Gasteiger partial charge in [-0.05, 0) is 31.4 Å². The van der Waals surface area contributed by atoms with Gasteiger partial charge in [0.25, 0.3) is 0 Å². The molecule has 0 saturated carbocycles. The van der Waals surface area contributed by atoms with Gasteiger partial charge in [-0.25, -0.2) is 4.79 Å². The van der Waals surface area contributed by atoms with E-state index in [0.717, 1.165) is 18.4 Å². The Morgan fingerprint density at radius 3 is 3.00 bits per heavy atom. The molecular formula is C13H18N2O2. The van der Waals surface area contributed by atoms with E-state index in [1.54, 1.807) is 22.9 Å². The first kappa shape index (κ1) is 11.8. The molecule has 0 fully saturated rings. The minimum atomic E-state index is -0.0463. The van der Waals surface area contributed by atoms with E-state index in [0.29, 0.717) is 18.8 Å². The van der Waals surface area contributed by atoms with E-state index in [2.05, 4.69) is 0 Å². The normalized spacial score (nSPS) is 14.4. The van der Waals surface area contributed by atoms with Crippen molar-refractivity contribution in [2.75, 3.05) is 25.0 Å². The van der Waals surface area contributed by atoms with Crippen LogP contribution in [0.3, 0.4) is 0 Å². The van der Waals surface area contributed by atoms with Crippen molar-refractivity contribution in [3.8, 4) is 5.75 Å². The van der Waals surface area contributed by atoms with Crippen LogP contribution in [0.4, 0.5) is 10.5 Å². The van der Waals surface area contributed by atoms with E-state index in [4.69, 9.17) is 0 Å². The summed E-state index contributed by atoms with van der Waals surface area (Å²) in [6.07, 6.45) is 1.86. The third-order valence-electron chi connectivity index (χ3n) is 3.23. The molecule has 1 heterocycles. The second-order valence-electron chi connectivity index (χ2n) is 4.34. The van der Waals surface area contributed by atoms with Crippen LogP contribution in [0.2, 0.25) is 0 Å². The van der Waals surface area contributed by atoms with Gasteiger partial charge in [0.2, 0.25) is 0 Å². The monoisotopic (exact) mass is 234 g/mol. The van der Waals surface area contributed by atoms with Crippen molar-refractivity contribution in [3.05, 3.63) is 23.8 Å². The van der Waals surface area contributed by atoms with E-state index in [1.165, 1.54) is 0 Å². The fraction of sp³-hybridized carbons (Fsp3) is 0.462. The third-order valence-corrected chi connectivity index (χ3v) is 3.23. The summed E-state index contributed by atoms with van der Waals surface area (Å²) < 4.78 is 0. The molecule has 1 aliphatic rings. The van der Waals surface area contributed by atoms with Crippen molar-refractivity contribution in [1.82, 2.24) is 4.90 Å². The zero-order valence-electron chi connectivity index (χ0n) is 10.3. The number of fused-ring (bicyclic) bond motifs is 1. The Kier molecular flexibility index (Phi) is 3.22. The molecule has 0 atom stereocenters. The van der Waals surface area contributed by atoms with Crippen LogP contribution in [0.1, 0.15) is 18.9 Å². The molecule has 0 radical (unpaired) electrons. The number of nitrogens with zero attached hydrogens (tertiary/aromatic N) is 2. The van der Waals surface area contributed by atoms with E-state index in [1.807, 2.05) is 19.1 Å². The van der Waals surface area contributed by atoms with Crippen LogP contribution < -0.4 is 4.90 Å². The number of carbonyl (C=O) groups excluding carboxylic acids is 1. The number of carbonyl (C=O) groups is 1. The van der Waals surface area contributed by atoms with Crippen molar-refractivity contribution >= 4 is 11.7 Å². The lowest BCUT2D eigenvalue weighted by Crippen LogP contribution is -2.43. The van der Waals surface area contributed by atoms with Crippen molar-refractivity contribution in [2.45, 2.75) is 19.8 Å². The molecule has 1 aromatic rings. The fourth-order valence-corrected chi connectivity index (χ4v) is 2.16. The van der Waals surface area contributed by atoms with Crippen molar-refractivity contribution < 1.29 is 9.90 Å². The summed E-state index contributed by atoms with van der Waals surface area (Å²) in [7, 11) is 1.77. The fourth-order valence-electron chi connectivity index (χ4n) is 2.16. The van der Waals surface area contributed by atoms with Crippen LogP contribution in [-0.4, -0.2) is 36.2 Å². The Bertz CT molecular complexity index is 431. The average Bonchev–Trinajstić information content (AvgIpc) is 2.36. The number of para-hydroxylation sites is 1. The maximum absolute atomic E-state index is 12.2. The second kappa shape index (κ2) is 4.65. The van der Waals surface area contributed by atoms with E-state index in [-0.39, 0.29) is 11.8 Å². The number of rotatable bonds is 1. The van der Waals surface area contributed by atoms with Crippen LogP contribution >= 0.6 is 0 Å². The van der Waals surface area contributed by atoms with Crippen LogP contribution in [0.5, 0.6) is 5.75 Å². The lowest BCUT2D eigenvalue weighted by atomic mass is 10.0. The molecule has 17 heavy (non-hydrogen) atoms. The van der Waals surface area contributed by atoms with E-state index in [9.17, 15) is 9.90 Å². The molecule has 1 aromatic carbocycles. The Balaban J connectivity index is 2.37. The van der Waals surface area contributed by atoms with Gasteiger partial charge in [-0.2, -0.15) is 0 Å². The summed E-state index contributed by atoms with van der Waals surface area (Å²) in [6.45, 7) is 3.28. The molecule has 2 amide bonds. The number of urea groups is 1. The molecule has 2 rings (SSSR count). The lowest BCUT2D eigenvalue weighted by Gasteiger charge is -2.32. The minimum Gasteiger partial charge on any atom is -0.506 e. The summed E-state index contributed by atoms with van der Waals surface area (Å²) in [4.78, 5) is 15.5. The van der Waals surface area contributed by atoms with E-state index >= 15 is 0 Å². The number of amides is 2. The van der Waals surface area contributed by atoms with Crippen LogP contribution in [0, 0.1) is 0 Å². The summed E-state index contributed by atoms with van der Waals surface area (Å²) in [5.74, 6) is 0.194. The zero-order valence-corrected chi connectivity index (χ0v) is 10.3. The van der Waals surface area contributed by atoms with Crippen LogP contribution in [0.15, 0.2) is 18.2 Å². The van der Waals surface area contributed by atoms with Gasteiger partial charge in [0.05, 0.1) is 5.69 Å². The number of hydrogen-bond acceptors (Lipinski definition) is 2. The molecule has 0 unspecified atom stereocenters. The Labute approximate surface area is 101 Å². The number of benzene rings is 1. The molecule has 92 valence electrons. The smallest absolute Gasteiger partial charge is 0.324 e. The largest absolute Gasteiger partial charge is 0.506 e. The first-order chi connectivity index (χ1) is 8.15. The average molecular weight is 234 g/mol. The number of aromatic hydroxyl groups is 1. The van der Waals surface area contributed by atoms with Gasteiger partial charge in [0.15, 0.2) is 0 Å². The maximum atomic E-state index is 12.2. The summed E-state index contributed by atoms with van der Waals surface area (Å²) in [6, 6.07) is 5.39. The number of anilines is 1. The summed E-state index contributed by atoms with van der Waals surface area (Å²) >= 11 is 0. The molecule has 4 heteroatoms. The molecule has 0 aromatic heterocycles. The molecule has 0 saturated heterocycles. The molecule has 1 N–H and O–H groups in total. The lowest BCUT2D eigenvalue weighted by molar-refractivity contribution is 0.217. The molecule has 0 aliphatic carbocycles. The molecule has 0 spiro atoms. The number of aryl methyl sites for hydroxylation is 1. The van der Waals surface area contributed by atoms with Gasteiger partial charge in [-0.15, -0.1) is 0 Å². The highest BCUT2D eigenvalue weighted by atomic mass is 16.3. The van der Waals surface area contributed by atoms with Gasteiger partial charge in [-0.1, -0.05) is 12.1 Å². The van der Waals surface area contributed by atoms with Gasteiger partial charge in [-0.3, -0.25) is 4.90 Å². The van der Waals surface area contributed by atoms with Gasteiger partial charge in [0.1, 0.15) is 5.75 Å². The SMILES string of the molecule is CCN(C)C(=O)N1CCCc2cccc(O)c21. The zero-order chi connectivity index (χ0) is 12.4. The summed E-state index contributed by atoms with van der Waals surface area (Å²) in [5.41, 5.74) is 1.73. The van der Waals surface area contributed by atoms with Gasteiger partial charge in [0, 0.05) is 20.1 Å². The Morgan fingerprint density at radius 2 is 2.29 bits per heavy atom. The quantitative estimate of drug-likeness (QED) is 0.809. The topological polar surface area (TPSA) is 43.8 Å². The number of hydrogen-bond donors (Lipinski definition) is 1. The predicted molar refractivity (Wildman–Crippen MR) is 67.5 cm³/mol. The van der Waals surface area contributed by atoms with Crippen molar-refractivity contribution in [2.24, 2.45) is 0 Å². The standard InChI is InChI=1S/C13H18N2O2/c1-3-14(2)13(17)15-9-5-7-10-6-4-8-11(16)12(10)15/h4,6,8,16H,3,5,7,9H2,1-2H3. The van der Waals surface area contributed by atoms with Gasteiger partial charge >= 0.3 is 6.03 Å². The van der Waals surface area contributed by atoms with Gasteiger partial charge < -0.3 is 10.0 Å². The number of phenolic OH excluding ortho intramolecular Hbond substituents is 1. The first-order valence-electron chi connectivity index (χ1n) is 5.98. The first-order valence-corrected chi connectivity index (χ1v) is 5.98. The molecule has 1 aliphatic heterocycles. The second-order valence-corrected chi connectivity index (χ2v) is 4.34. The van der Waals surface area contributed by atoms with E-state index < -0.39 is 0 Å². The van der Waals surface area contributed by atoms with Crippen molar-refractivity contribution in [1.29, 1.82) is 0 Å². The Hall–Kier alpha value is -1.71. The highest BCUT2D eigenvalue weighted by molar-refractivity contribution is 5.94. The maximum Gasteiger partial charge on any atom is 0.324 e. The minimum absolute atomic E-state index is 0.0463. The Morgan fingerprint density at radius 1 is 1.53 bits per heavy atom. The third kappa shape index (κ3) is 2.07. The summed E-state index contributed by atoms with van der Waals surface area (Å²) in [5, 5.41) is 9.92. The van der Waals surface area contributed by atoms with Crippen molar-refractivity contribution in [3.63, 3.8) is 0 Å². The number of phenols is 1. The van der Waals surface area contributed by atoms with Crippen LogP contribution in [0.25, 0.3) is 0 Å².